The van der Waals surface area contributed by atoms with Gasteiger partial charge in [-0.15, -0.1) is 0 Å². The van der Waals surface area contributed by atoms with Crippen LogP contribution in [0.2, 0.25) is 0 Å². The summed E-state index contributed by atoms with van der Waals surface area (Å²) in [7, 11) is 0. The van der Waals surface area contributed by atoms with Crippen LogP contribution in [0, 0.1) is 0 Å². The Morgan fingerprint density at radius 1 is 1.38 bits per heavy atom. The molecule has 2 atom stereocenters. The van der Waals surface area contributed by atoms with Crippen LogP contribution >= 0.6 is 11.6 Å². The van der Waals surface area contributed by atoms with Crippen LogP contribution in [-0.2, 0) is 14.4 Å². The molecule has 0 bridgehead atoms. The molecule has 0 amide bonds. The number of Topliss-reactive ketones (excluding diaryl/α,β-unsaturated/α-hetero) is 1. The van der Waals surface area contributed by atoms with Crippen molar-refractivity contribution in [1.29, 1.82) is 0 Å². The Hall–Kier alpha value is -1.82. The lowest BCUT2D eigenvalue weighted by Gasteiger charge is -2.23. The van der Waals surface area contributed by atoms with E-state index in [0.717, 1.165) is 12.3 Å². The molecule has 1 aliphatic heterocycles. The number of fused-ring (bicyclic) bond motifs is 1. The van der Waals surface area contributed by atoms with Crippen molar-refractivity contribution in [3.05, 3.63) is 11.1 Å². The van der Waals surface area contributed by atoms with Crippen LogP contribution < -0.4 is 0 Å². The number of hydrogen-bond donors (Lipinski definition) is 1. The largest absolute Gasteiger partial charge is 0.476 e. The summed E-state index contributed by atoms with van der Waals surface area (Å²) >= 11 is 5.53. The lowest BCUT2D eigenvalue weighted by Crippen LogP contribution is -2.44. The molecule has 0 saturated heterocycles. The molecule has 0 aromatic heterocycles. The quantitative estimate of drug-likeness (QED) is 0.675. The van der Waals surface area contributed by atoms with Crippen LogP contribution in [0.4, 0.5) is 0 Å². The molecule has 0 unspecified atom stereocenters. The smallest absolute Gasteiger partial charge is 0.355 e. The van der Waals surface area contributed by atoms with Crippen LogP contribution in [0.3, 0.4) is 0 Å². The number of ketones is 2. The standard InChI is InChI=1S/C9H5ClN2O4/c10-3-1-5(13)6-7(8(3)14)11-2-4(12-6)9(15)16/h1-2,6-7H,(H,15,16)/t6-,7-/m0/s1. The van der Waals surface area contributed by atoms with Gasteiger partial charge in [0.15, 0.2) is 11.5 Å². The first-order chi connectivity index (χ1) is 7.50. The van der Waals surface area contributed by atoms with E-state index in [9.17, 15) is 14.4 Å². The second-order valence-electron chi connectivity index (χ2n) is 3.25. The predicted molar refractivity (Wildman–Crippen MR) is 55.1 cm³/mol. The molecule has 0 saturated carbocycles. The van der Waals surface area contributed by atoms with E-state index >= 15 is 0 Å². The van der Waals surface area contributed by atoms with Crippen molar-refractivity contribution in [2.45, 2.75) is 12.1 Å². The van der Waals surface area contributed by atoms with Gasteiger partial charge in [0.2, 0.25) is 5.78 Å². The number of rotatable bonds is 1. The summed E-state index contributed by atoms with van der Waals surface area (Å²) in [6.45, 7) is 0. The molecular formula is C9H5ClN2O4. The van der Waals surface area contributed by atoms with Crippen LogP contribution in [0.5, 0.6) is 0 Å². The number of nitrogens with zero attached hydrogens (tertiary/aromatic N) is 2. The lowest BCUT2D eigenvalue weighted by molar-refractivity contribution is -0.129. The van der Waals surface area contributed by atoms with Crippen molar-refractivity contribution in [2.75, 3.05) is 0 Å². The van der Waals surface area contributed by atoms with E-state index < -0.39 is 29.6 Å². The van der Waals surface area contributed by atoms with Crippen molar-refractivity contribution in [1.82, 2.24) is 0 Å². The highest BCUT2D eigenvalue weighted by Gasteiger charge is 2.40. The summed E-state index contributed by atoms with van der Waals surface area (Å²) in [4.78, 5) is 41.0. The second kappa shape index (κ2) is 3.64. The number of hydrogen-bond acceptors (Lipinski definition) is 5. The first-order valence-electron chi connectivity index (χ1n) is 4.30. The molecule has 1 N–H and O–H groups in total. The van der Waals surface area contributed by atoms with Gasteiger partial charge >= 0.3 is 5.97 Å². The molecule has 0 fully saturated rings. The van der Waals surface area contributed by atoms with Gasteiger partial charge in [-0.3, -0.25) is 19.6 Å². The first kappa shape index (κ1) is 10.7. The number of carbonyl (C=O) groups is 3. The average Bonchev–Trinajstić information content (AvgIpc) is 2.25. The molecule has 2 rings (SSSR count). The zero-order chi connectivity index (χ0) is 11.9. The van der Waals surface area contributed by atoms with Crippen molar-refractivity contribution < 1.29 is 19.5 Å². The molecule has 6 nitrogen and oxygen atoms in total. The van der Waals surface area contributed by atoms with Crippen molar-refractivity contribution in [3.63, 3.8) is 0 Å². The fraction of sp³-hybridized carbons (Fsp3) is 0.222. The number of carboxylic acids is 1. The summed E-state index contributed by atoms with van der Waals surface area (Å²) in [5.74, 6) is -2.32. The molecule has 0 radical (unpaired) electrons. The van der Waals surface area contributed by atoms with E-state index in [1.54, 1.807) is 0 Å². The zero-order valence-electron chi connectivity index (χ0n) is 7.75. The highest BCUT2D eigenvalue weighted by atomic mass is 35.5. The van der Waals surface area contributed by atoms with Gasteiger partial charge in [-0.05, 0) is 0 Å². The normalized spacial score (nSPS) is 28.3. The minimum Gasteiger partial charge on any atom is -0.476 e. The minimum atomic E-state index is -1.29. The third-order valence-electron chi connectivity index (χ3n) is 2.22. The van der Waals surface area contributed by atoms with E-state index in [1.165, 1.54) is 0 Å². The number of carboxylic acid groups (broad SMARTS) is 1. The van der Waals surface area contributed by atoms with Crippen LogP contribution in [-0.4, -0.2) is 46.7 Å². The molecule has 0 aromatic rings. The van der Waals surface area contributed by atoms with Gasteiger partial charge in [-0.2, -0.15) is 0 Å². The maximum atomic E-state index is 11.5. The summed E-state index contributed by atoms with van der Waals surface area (Å²) in [6.07, 6.45) is 1.92. The maximum absolute atomic E-state index is 11.5. The molecule has 7 heteroatoms. The van der Waals surface area contributed by atoms with Gasteiger partial charge in [0.1, 0.15) is 12.1 Å². The van der Waals surface area contributed by atoms with E-state index in [-0.39, 0.29) is 10.7 Å². The molecule has 16 heavy (non-hydrogen) atoms. The first-order valence-corrected chi connectivity index (χ1v) is 4.68. The number of aliphatic imine (C=N–C) groups is 2. The Morgan fingerprint density at radius 2 is 2.06 bits per heavy atom. The van der Waals surface area contributed by atoms with Gasteiger partial charge in [0.05, 0.1) is 11.2 Å². The second-order valence-corrected chi connectivity index (χ2v) is 3.65. The van der Waals surface area contributed by atoms with Crippen LogP contribution in [0.1, 0.15) is 0 Å². The van der Waals surface area contributed by atoms with E-state index in [2.05, 4.69) is 9.98 Å². The number of carbonyl (C=O) groups excluding carboxylic acids is 2. The van der Waals surface area contributed by atoms with E-state index in [1.807, 2.05) is 0 Å². The Balaban J connectivity index is 2.43. The molecule has 1 heterocycles. The van der Waals surface area contributed by atoms with Gasteiger partial charge in [-0.1, -0.05) is 11.6 Å². The van der Waals surface area contributed by atoms with E-state index in [0.29, 0.717) is 0 Å². The molecule has 2 aliphatic rings. The Morgan fingerprint density at radius 3 is 2.69 bits per heavy atom. The number of aliphatic carboxylic acids is 1. The minimum absolute atomic E-state index is 0.197. The summed E-state index contributed by atoms with van der Waals surface area (Å²) in [5, 5.41) is 8.48. The third kappa shape index (κ3) is 1.57. The van der Waals surface area contributed by atoms with Gasteiger partial charge in [-0.25, -0.2) is 4.79 Å². The fourth-order valence-electron chi connectivity index (χ4n) is 1.45. The zero-order valence-corrected chi connectivity index (χ0v) is 8.51. The monoisotopic (exact) mass is 240 g/mol. The van der Waals surface area contributed by atoms with Gasteiger partial charge in [0.25, 0.3) is 0 Å². The van der Waals surface area contributed by atoms with Gasteiger partial charge < -0.3 is 5.11 Å². The number of halogens is 1. The predicted octanol–water partition coefficient (Wildman–Crippen LogP) is -0.392. The average molecular weight is 241 g/mol. The fourth-order valence-corrected chi connectivity index (χ4v) is 1.67. The maximum Gasteiger partial charge on any atom is 0.355 e. The van der Waals surface area contributed by atoms with Gasteiger partial charge in [0, 0.05) is 6.08 Å². The molecule has 82 valence electrons. The highest BCUT2D eigenvalue weighted by Crippen LogP contribution is 2.22. The van der Waals surface area contributed by atoms with Crippen molar-refractivity contribution >= 4 is 41.1 Å². The molecule has 0 spiro atoms. The Kier molecular flexibility index (Phi) is 2.43. The summed E-state index contributed by atoms with van der Waals surface area (Å²) < 4.78 is 0. The molecule has 0 aromatic carbocycles. The molecule has 1 aliphatic carbocycles. The Bertz CT molecular complexity index is 492. The van der Waals surface area contributed by atoms with E-state index in [4.69, 9.17) is 16.7 Å². The van der Waals surface area contributed by atoms with Crippen molar-refractivity contribution in [3.8, 4) is 0 Å². The lowest BCUT2D eigenvalue weighted by atomic mass is 9.93. The van der Waals surface area contributed by atoms with Crippen LogP contribution in [0.25, 0.3) is 0 Å². The SMILES string of the molecule is O=C(O)C1=N[C@H]2C(=O)C=C(Cl)C(=O)[C@H]2N=C1. The highest BCUT2D eigenvalue weighted by molar-refractivity contribution is 6.59. The van der Waals surface area contributed by atoms with Crippen molar-refractivity contribution in [2.24, 2.45) is 9.98 Å². The third-order valence-corrected chi connectivity index (χ3v) is 2.51. The Labute approximate surface area is 94.3 Å². The summed E-state index contributed by atoms with van der Waals surface area (Å²) in [5.41, 5.74) is -0.339. The topological polar surface area (TPSA) is 96.2 Å². The molecular weight excluding hydrogens is 236 g/mol. The summed E-state index contributed by atoms with van der Waals surface area (Å²) in [6, 6.07) is -2.11. The van der Waals surface area contributed by atoms with Crippen LogP contribution in [0.15, 0.2) is 21.1 Å².